The van der Waals surface area contributed by atoms with Crippen LogP contribution in [0.2, 0.25) is 10.0 Å². The molecule has 5 heteroatoms. The van der Waals surface area contributed by atoms with Gasteiger partial charge in [0.1, 0.15) is 0 Å². The van der Waals surface area contributed by atoms with Gasteiger partial charge in [-0.05, 0) is 50.0 Å². The standard InChI is InChI=1S/C17H24Cl2N2O/c1-22-17-11-21(14-4-6-20-7-5-14)10-13(17)8-12-2-3-15(18)16(19)9-12/h2-3,9,13-14,17,20H,4-8,10-11H2,1H3/t13-,17-/m1/s1. The Morgan fingerprint density at radius 2 is 1.95 bits per heavy atom. The molecule has 0 bridgehead atoms. The molecule has 22 heavy (non-hydrogen) atoms. The topological polar surface area (TPSA) is 24.5 Å². The first-order valence-electron chi connectivity index (χ1n) is 8.09. The van der Waals surface area contributed by atoms with Gasteiger partial charge in [-0.3, -0.25) is 4.90 Å². The average Bonchev–Trinajstić information content (AvgIpc) is 2.95. The highest BCUT2D eigenvalue weighted by Gasteiger charge is 2.36. The van der Waals surface area contributed by atoms with Crippen LogP contribution >= 0.6 is 23.2 Å². The number of nitrogens with one attached hydrogen (secondary N) is 1. The van der Waals surface area contributed by atoms with Crippen LogP contribution in [0.3, 0.4) is 0 Å². The summed E-state index contributed by atoms with van der Waals surface area (Å²) < 4.78 is 5.75. The van der Waals surface area contributed by atoms with Crippen LogP contribution in [0.25, 0.3) is 0 Å². The minimum Gasteiger partial charge on any atom is -0.380 e. The van der Waals surface area contributed by atoms with Crippen LogP contribution in [0.5, 0.6) is 0 Å². The molecule has 0 saturated carbocycles. The number of methoxy groups -OCH3 is 1. The molecule has 3 nitrogen and oxygen atoms in total. The van der Waals surface area contributed by atoms with Crippen molar-refractivity contribution in [2.45, 2.75) is 31.4 Å². The van der Waals surface area contributed by atoms with Gasteiger partial charge < -0.3 is 10.1 Å². The Kier molecular flexibility index (Phi) is 5.64. The molecule has 0 radical (unpaired) electrons. The Balaban J connectivity index is 1.65. The van der Waals surface area contributed by atoms with E-state index in [1.807, 2.05) is 19.2 Å². The van der Waals surface area contributed by atoms with E-state index in [-0.39, 0.29) is 0 Å². The quantitative estimate of drug-likeness (QED) is 0.908. The summed E-state index contributed by atoms with van der Waals surface area (Å²) in [6.45, 7) is 4.43. The predicted molar refractivity (Wildman–Crippen MR) is 91.9 cm³/mol. The highest BCUT2D eigenvalue weighted by atomic mass is 35.5. The molecule has 2 aliphatic rings. The first kappa shape index (κ1) is 16.5. The van der Waals surface area contributed by atoms with Crippen LogP contribution in [0, 0.1) is 5.92 Å². The third-order valence-corrected chi connectivity index (χ3v) is 5.76. The number of benzene rings is 1. The lowest BCUT2D eigenvalue weighted by atomic mass is 9.96. The second-order valence-electron chi connectivity index (χ2n) is 6.42. The molecule has 3 rings (SSSR count). The van der Waals surface area contributed by atoms with Crippen molar-refractivity contribution in [3.05, 3.63) is 33.8 Å². The number of hydrogen-bond acceptors (Lipinski definition) is 3. The molecule has 2 saturated heterocycles. The van der Waals surface area contributed by atoms with Gasteiger partial charge in [0.25, 0.3) is 0 Å². The highest BCUT2D eigenvalue weighted by Crippen LogP contribution is 2.29. The molecule has 2 fully saturated rings. The molecule has 1 aromatic carbocycles. The molecule has 0 amide bonds. The maximum Gasteiger partial charge on any atom is 0.0741 e. The zero-order valence-electron chi connectivity index (χ0n) is 13.0. The zero-order valence-corrected chi connectivity index (χ0v) is 14.5. The van der Waals surface area contributed by atoms with E-state index in [0.717, 1.165) is 32.6 Å². The van der Waals surface area contributed by atoms with E-state index >= 15 is 0 Å². The molecule has 0 aliphatic carbocycles. The summed E-state index contributed by atoms with van der Waals surface area (Å²) in [7, 11) is 1.83. The normalized spacial score (nSPS) is 27.4. The molecule has 2 aliphatic heterocycles. The lowest BCUT2D eigenvalue weighted by Gasteiger charge is -2.31. The maximum absolute atomic E-state index is 6.14. The van der Waals surface area contributed by atoms with Crippen LogP contribution in [-0.2, 0) is 11.2 Å². The highest BCUT2D eigenvalue weighted by molar-refractivity contribution is 6.42. The molecule has 0 unspecified atom stereocenters. The lowest BCUT2D eigenvalue weighted by Crippen LogP contribution is -2.42. The van der Waals surface area contributed by atoms with Gasteiger partial charge in [0.05, 0.1) is 16.1 Å². The van der Waals surface area contributed by atoms with E-state index in [1.54, 1.807) is 0 Å². The van der Waals surface area contributed by atoms with Gasteiger partial charge in [-0.25, -0.2) is 0 Å². The van der Waals surface area contributed by atoms with Crippen LogP contribution in [-0.4, -0.2) is 50.3 Å². The number of halogens is 2. The predicted octanol–water partition coefficient (Wildman–Crippen LogP) is 3.23. The maximum atomic E-state index is 6.14. The average molecular weight is 343 g/mol. The van der Waals surface area contributed by atoms with Crippen molar-refractivity contribution in [3.63, 3.8) is 0 Å². The first-order chi connectivity index (χ1) is 10.7. The Hall–Kier alpha value is -0.320. The molecule has 122 valence electrons. The second-order valence-corrected chi connectivity index (χ2v) is 7.24. The van der Waals surface area contributed by atoms with E-state index in [1.165, 1.54) is 18.4 Å². The van der Waals surface area contributed by atoms with Crippen LogP contribution in [0.1, 0.15) is 18.4 Å². The van der Waals surface area contributed by atoms with Gasteiger partial charge in [0.2, 0.25) is 0 Å². The second kappa shape index (κ2) is 7.50. The van der Waals surface area contributed by atoms with Gasteiger partial charge >= 0.3 is 0 Å². The zero-order chi connectivity index (χ0) is 15.5. The number of likely N-dealkylation sites (tertiary alicyclic amines) is 1. The molecule has 2 heterocycles. The monoisotopic (exact) mass is 342 g/mol. The third-order valence-electron chi connectivity index (χ3n) is 5.02. The molecule has 1 aromatic rings. The fourth-order valence-electron chi connectivity index (χ4n) is 3.78. The van der Waals surface area contributed by atoms with Crippen LogP contribution < -0.4 is 5.32 Å². The summed E-state index contributed by atoms with van der Waals surface area (Å²) in [6.07, 6.45) is 3.80. The molecular weight excluding hydrogens is 319 g/mol. The number of hydrogen-bond donors (Lipinski definition) is 1. The fourth-order valence-corrected chi connectivity index (χ4v) is 4.10. The SMILES string of the molecule is CO[C@@H]1CN(C2CCNCC2)C[C@H]1Cc1ccc(Cl)c(Cl)c1. The van der Waals surface area contributed by atoms with Crippen molar-refractivity contribution in [3.8, 4) is 0 Å². The van der Waals surface area contributed by atoms with Crippen LogP contribution in [0.15, 0.2) is 18.2 Å². The number of piperidine rings is 1. The Labute approximate surface area is 142 Å². The lowest BCUT2D eigenvalue weighted by molar-refractivity contribution is 0.0742. The minimum absolute atomic E-state index is 0.310. The van der Waals surface area contributed by atoms with Crippen molar-refractivity contribution in [1.29, 1.82) is 0 Å². The summed E-state index contributed by atoms with van der Waals surface area (Å²) in [5.74, 6) is 0.525. The van der Waals surface area contributed by atoms with Crippen molar-refractivity contribution < 1.29 is 4.74 Å². The van der Waals surface area contributed by atoms with Crippen molar-refractivity contribution >= 4 is 23.2 Å². The molecular formula is C17H24Cl2N2O. The Morgan fingerprint density at radius 1 is 1.18 bits per heavy atom. The van der Waals surface area contributed by atoms with E-state index in [4.69, 9.17) is 27.9 Å². The van der Waals surface area contributed by atoms with Gasteiger partial charge in [0.15, 0.2) is 0 Å². The Bertz CT molecular complexity index is 505. The Morgan fingerprint density at radius 3 is 2.64 bits per heavy atom. The summed E-state index contributed by atoms with van der Waals surface area (Å²) >= 11 is 12.1. The van der Waals surface area contributed by atoms with Gasteiger partial charge in [-0.1, -0.05) is 29.3 Å². The van der Waals surface area contributed by atoms with Gasteiger partial charge in [0, 0.05) is 32.2 Å². The van der Waals surface area contributed by atoms with Crippen molar-refractivity contribution in [2.24, 2.45) is 5.92 Å². The fraction of sp³-hybridized carbons (Fsp3) is 0.647. The smallest absolute Gasteiger partial charge is 0.0741 e. The molecule has 0 spiro atoms. The summed E-state index contributed by atoms with van der Waals surface area (Å²) in [5.41, 5.74) is 1.24. The number of rotatable bonds is 4. The van der Waals surface area contributed by atoms with E-state index < -0.39 is 0 Å². The van der Waals surface area contributed by atoms with E-state index in [0.29, 0.717) is 28.1 Å². The van der Waals surface area contributed by atoms with Gasteiger partial charge in [-0.15, -0.1) is 0 Å². The van der Waals surface area contributed by atoms with Gasteiger partial charge in [-0.2, -0.15) is 0 Å². The summed E-state index contributed by atoms with van der Waals surface area (Å²) in [4.78, 5) is 2.62. The summed E-state index contributed by atoms with van der Waals surface area (Å²) in [6, 6.07) is 6.66. The summed E-state index contributed by atoms with van der Waals surface area (Å²) in [5, 5.41) is 4.70. The number of ether oxygens (including phenoxy) is 1. The van der Waals surface area contributed by atoms with Crippen LogP contribution in [0.4, 0.5) is 0 Å². The van der Waals surface area contributed by atoms with Crippen molar-refractivity contribution in [1.82, 2.24) is 10.2 Å². The number of nitrogens with zero attached hydrogens (tertiary/aromatic N) is 1. The molecule has 0 aromatic heterocycles. The first-order valence-corrected chi connectivity index (χ1v) is 8.84. The largest absolute Gasteiger partial charge is 0.380 e. The van der Waals surface area contributed by atoms with E-state index in [2.05, 4.69) is 16.3 Å². The third kappa shape index (κ3) is 3.77. The minimum atomic E-state index is 0.310. The van der Waals surface area contributed by atoms with Crippen molar-refractivity contribution in [2.75, 3.05) is 33.3 Å². The van der Waals surface area contributed by atoms with E-state index in [9.17, 15) is 0 Å². The molecule has 1 N–H and O–H groups in total. The molecule has 2 atom stereocenters.